The van der Waals surface area contributed by atoms with Gasteiger partial charge in [0.2, 0.25) is 11.7 Å². The van der Waals surface area contributed by atoms with E-state index in [9.17, 15) is 4.79 Å². The maximum atomic E-state index is 12.3. The number of nitrogens with two attached hydrogens (primary N) is 1. The third-order valence-electron chi connectivity index (χ3n) is 4.73. The highest BCUT2D eigenvalue weighted by Crippen LogP contribution is 2.38. The summed E-state index contributed by atoms with van der Waals surface area (Å²) in [6, 6.07) is 3.56. The van der Waals surface area contributed by atoms with Gasteiger partial charge in [-0.1, -0.05) is 13.3 Å². The second-order valence-electron chi connectivity index (χ2n) is 6.53. The molecule has 1 saturated heterocycles. The zero-order chi connectivity index (χ0) is 19.1. The predicted octanol–water partition coefficient (Wildman–Crippen LogP) is 1.48. The number of ether oxygens (including phenoxy) is 3. The van der Waals surface area contributed by atoms with Crippen molar-refractivity contribution in [3.8, 4) is 17.2 Å². The molecule has 146 valence electrons. The fraction of sp³-hybridized carbons (Fsp3) is 0.632. The van der Waals surface area contributed by atoms with Crippen LogP contribution in [0.5, 0.6) is 17.2 Å². The average Bonchev–Trinajstić information content (AvgIpc) is 2.67. The van der Waals surface area contributed by atoms with Crippen LogP contribution in [0.2, 0.25) is 0 Å². The molecule has 7 nitrogen and oxygen atoms in total. The highest BCUT2D eigenvalue weighted by atomic mass is 16.5. The summed E-state index contributed by atoms with van der Waals surface area (Å²) in [5.41, 5.74) is 7.05. The maximum Gasteiger partial charge on any atom is 0.239 e. The van der Waals surface area contributed by atoms with Crippen LogP contribution in [-0.4, -0.2) is 69.3 Å². The van der Waals surface area contributed by atoms with E-state index in [2.05, 4.69) is 4.90 Å². The lowest BCUT2D eigenvalue weighted by Crippen LogP contribution is -2.52. The first-order valence-electron chi connectivity index (χ1n) is 9.09. The quantitative estimate of drug-likeness (QED) is 0.752. The molecule has 2 rings (SSSR count). The Morgan fingerprint density at radius 1 is 1.08 bits per heavy atom. The summed E-state index contributed by atoms with van der Waals surface area (Å²) in [5.74, 6) is 1.97. The Morgan fingerprint density at radius 3 is 2.12 bits per heavy atom. The minimum atomic E-state index is -0.373. The number of carbonyl (C=O) groups is 1. The van der Waals surface area contributed by atoms with E-state index < -0.39 is 0 Å². The van der Waals surface area contributed by atoms with Gasteiger partial charge >= 0.3 is 0 Å². The van der Waals surface area contributed by atoms with Crippen LogP contribution < -0.4 is 19.9 Å². The monoisotopic (exact) mass is 365 g/mol. The van der Waals surface area contributed by atoms with E-state index >= 15 is 0 Å². The summed E-state index contributed by atoms with van der Waals surface area (Å²) in [6.07, 6.45) is 1.67. The predicted molar refractivity (Wildman–Crippen MR) is 101 cm³/mol. The van der Waals surface area contributed by atoms with Gasteiger partial charge in [0.15, 0.2) is 11.5 Å². The van der Waals surface area contributed by atoms with E-state index in [4.69, 9.17) is 19.9 Å². The lowest BCUT2D eigenvalue weighted by atomic mass is 10.1. The summed E-state index contributed by atoms with van der Waals surface area (Å²) in [4.78, 5) is 16.5. The molecule has 1 atom stereocenters. The number of nitrogens with zero attached hydrogens (tertiary/aromatic N) is 2. The number of methoxy groups -OCH3 is 3. The van der Waals surface area contributed by atoms with Crippen molar-refractivity contribution < 1.29 is 19.0 Å². The van der Waals surface area contributed by atoms with Crippen LogP contribution in [0.25, 0.3) is 0 Å². The Morgan fingerprint density at radius 2 is 1.65 bits per heavy atom. The summed E-state index contributed by atoms with van der Waals surface area (Å²) < 4.78 is 16.2. The molecule has 0 radical (unpaired) electrons. The van der Waals surface area contributed by atoms with E-state index in [0.29, 0.717) is 30.3 Å². The molecule has 0 aliphatic carbocycles. The smallest absolute Gasteiger partial charge is 0.239 e. The molecule has 26 heavy (non-hydrogen) atoms. The Balaban J connectivity index is 1.98. The molecule has 1 heterocycles. The van der Waals surface area contributed by atoms with Crippen molar-refractivity contribution in [1.82, 2.24) is 9.80 Å². The van der Waals surface area contributed by atoms with E-state index in [0.717, 1.165) is 38.0 Å². The Bertz CT molecular complexity index is 575. The van der Waals surface area contributed by atoms with Gasteiger partial charge in [-0.05, 0) is 24.1 Å². The second kappa shape index (κ2) is 9.64. The molecular weight excluding hydrogens is 334 g/mol. The first-order chi connectivity index (χ1) is 12.5. The molecule has 0 aromatic heterocycles. The van der Waals surface area contributed by atoms with E-state index in [1.807, 2.05) is 24.0 Å². The fourth-order valence-corrected chi connectivity index (χ4v) is 3.28. The number of carbonyl (C=O) groups excluding carboxylic acids is 1. The van der Waals surface area contributed by atoms with Crippen molar-refractivity contribution >= 4 is 5.91 Å². The number of benzene rings is 1. The van der Waals surface area contributed by atoms with Crippen molar-refractivity contribution in [2.75, 3.05) is 47.5 Å². The van der Waals surface area contributed by atoms with Crippen LogP contribution in [0.4, 0.5) is 0 Å². The molecule has 1 aromatic rings. The highest BCUT2D eigenvalue weighted by Gasteiger charge is 2.25. The third kappa shape index (κ3) is 4.80. The Labute approximate surface area is 156 Å². The number of hydrogen-bond donors (Lipinski definition) is 1. The maximum absolute atomic E-state index is 12.3. The van der Waals surface area contributed by atoms with Gasteiger partial charge in [0, 0.05) is 32.7 Å². The van der Waals surface area contributed by atoms with E-state index in [1.54, 1.807) is 21.3 Å². The number of amides is 1. The minimum Gasteiger partial charge on any atom is -0.493 e. The molecule has 1 amide bonds. The Hall–Kier alpha value is -1.99. The van der Waals surface area contributed by atoms with Crippen LogP contribution in [0.15, 0.2) is 12.1 Å². The van der Waals surface area contributed by atoms with Crippen LogP contribution >= 0.6 is 0 Å². The van der Waals surface area contributed by atoms with Crippen LogP contribution in [-0.2, 0) is 11.3 Å². The molecule has 1 aromatic carbocycles. The SMILES string of the molecule is CCCC(N)C(=O)N1CCN(Cc2cc(OC)c(OC)c(OC)c2)CC1. The summed E-state index contributed by atoms with van der Waals surface area (Å²) in [7, 11) is 4.83. The molecule has 1 aliphatic rings. The van der Waals surface area contributed by atoms with Crippen LogP contribution in [0, 0.1) is 0 Å². The lowest BCUT2D eigenvalue weighted by molar-refractivity contribution is -0.134. The molecule has 0 saturated carbocycles. The number of rotatable bonds is 8. The standard InChI is InChI=1S/C19H31N3O4/c1-5-6-15(20)19(23)22-9-7-21(8-10-22)13-14-11-16(24-2)18(26-4)17(12-14)25-3/h11-12,15H,5-10,13,20H2,1-4H3. The van der Waals surface area contributed by atoms with Crippen LogP contribution in [0.1, 0.15) is 25.3 Å². The first-order valence-corrected chi connectivity index (χ1v) is 9.09. The first kappa shape index (κ1) is 20.3. The second-order valence-corrected chi connectivity index (χ2v) is 6.53. The summed E-state index contributed by atoms with van der Waals surface area (Å²) >= 11 is 0. The fourth-order valence-electron chi connectivity index (χ4n) is 3.28. The van der Waals surface area contributed by atoms with Crippen molar-refractivity contribution in [3.63, 3.8) is 0 Å². The van der Waals surface area contributed by atoms with Crippen molar-refractivity contribution in [3.05, 3.63) is 17.7 Å². The zero-order valence-electron chi connectivity index (χ0n) is 16.3. The molecule has 1 fully saturated rings. The zero-order valence-corrected chi connectivity index (χ0v) is 16.3. The van der Waals surface area contributed by atoms with Gasteiger partial charge in [0.1, 0.15) is 0 Å². The van der Waals surface area contributed by atoms with Gasteiger partial charge in [0.25, 0.3) is 0 Å². The van der Waals surface area contributed by atoms with Gasteiger partial charge in [-0.2, -0.15) is 0 Å². The largest absolute Gasteiger partial charge is 0.493 e. The summed E-state index contributed by atoms with van der Waals surface area (Å²) in [5, 5.41) is 0. The molecule has 7 heteroatoms. The van der Waals surface area contributed by atoms with E-state index in [1.165, 1.54) is 0 Å². The van der Waals surface area contributed by atoms with Crippen molar-refractivity contribution in [2.45, 2.75) is 32.4 Å². The minimum absolute atomic E-state index is 0.0688. The summed E-state index contributed by atoms with van der Waals surface area (Å²) in [6.45, 7) is 5.87. The third-order valence-corrected chi connectivity index (χ3v) is 4.73. The molecule has 0 bridgehead atoms. The van der Waals surface area contributed by atoms with Crippen molar-refractivity contribution in [1.29, 1.82) is 0 Å². The highest BCUT2D eigenvalue weighted by molar-refractivity contribution is 5.81. The van der Waals surface area contributed by atoms with Gasteiger partial charge in [-0.25, -0.2) is 0 Å². The van der Waals surface area contributed by atoms with Crippen molar-refractivity contribution in [2.24, 2.45) is 5.73 Å². The average molecular weight is 365 g/mol. The van der Waals surface area contributed by atoms with E-state index in [-0.39, 0.29) is 11.9 Å². The molecular formula is C19H31N3O4. The van der Waals surface area contributed by atoms with Crippen LogP contribution in [0.3, 0.4) is 0 Å². The van der Waals surface area contributed by atoms with Gasteiger partial charge < -0.3 is 24.8 Å². The molecule has 1 unspecified atom stereocenters. The molecule has 0 spiro atoms. The normalized spacial score (nSPS) is 16.3. The van der Waals surface area contributed by atoms with Gasteiger partial charge in [0.05, 0.1) is 27.4 Å². The van der Waals surface area contributed by atoms with Gasteiger partial charge in [-0.15, -0.1) is 0 Å². The molecule has 2 N–H and O–H groups in total. The number of hydrogen-bond acceptors (Lipinski definition) is 6. The topological polar surface area (TPSA) is 77.3 Å². The van der Waals surface area contributed by atoms with Gasteiger partial charge in [-0.3, -0.25) is 9.69 Å². The Kier molecular flexibility index (Phi) is 7.53. The number of piperazine rings is 1. The lowest BCUT2D eigenvalue weighted by Gasteiger charge is -2.36. The molecule has 1 aliphatic heterocycles.